The molecule has 2 aromatic rings. The summed E-state index contributed by atoms with van der Waals surface area (Å²) in [6.45, 7) is 2.03. The van der Waals surface area contributed by atoms with E-state index in [1.54, 1.807) is 12.1 Å². The van der Waals surface area contributed by atoms with E-state index in [0.29, 0.717) is 0 Å². The van der Waals surface area contributed by atoms with Gasteiger partial charge in [-0.25, -0.2) is 8.78 Å². The molecule has 21 heavy (non-hydrogen) atoms. The van der Waals surface area contributed by atoms with Crippen LogP contribution >= 0.6 is 0 Å². The van der Waals surface area contributed by atoms with Crippen LogP contribution in [0.3, 0.4) is 0 Å². The highest BCUT2D eigenvalue weighted by Crippen LogP contribution is 2.38. The first-order chi connectivity index (χ1) is 10.1. The number of nitrogens with zero attached hydrogens (tertiary/aromatic N) is 1. The third kappa shape index (κ3) is 2.29. The molecule has 110 valence electrons. The van der Waals surface area contributed by atoms with E-state index in [1.807, 2.05) is 36.1 Å². The lowest BCUT2D eigenvalue weighted by atomic mass is 9.95. The molecule has 1 heterocycles. The number of para-hydroxylation sites is 1. The highest BCUT2D eigenvalue weighted by molar-refractivity contribution is 5.69. The van der Waals surface area contributed by atoms with Crippen LogP contribution in [0.4, 0.5) is 20.2 Å². The second-order valence-electron chi connectivity index (χ2n) is 5.46. The Hall–Kier alpha value is -1.94. The molecule has 0 amide bonds. The summed E-state index contributed by atoms with van der Waals surface area (Å²) in [7, 11) is 0. The van der Waals surface area contributed by atoms with Gasteiger partial charge in [0.1, 0.15) is 0 Å². The minimum Gasteiger partial charge on any atom is -0.336 e. The Morgan fingerprint density at radius 1 is 1.10 bits per heavy atom. The van der Waals surface area contributed by atoms with Gasteiger partial charge in [0.2, 0.25) is 0 Å². The van der Waals surface area contributed by atoms with Crippen LogP contribution in [0.15, 0.2) is 36.4 Å². The maximum atomic E-state index is 14.4. The second-order valence-corrected chi connectivity index (χ2v) is 5.46. The molecule has 2 aromatic carbocycles. The second kappa shape index (κ2) is 5.45. The van der Waals surface area contributed by atoms with Crippen LogP contribution in [0, 0.1) is 11.6 Å². The number of fused-ring (bicyclic) bond motifs is 1. The monoisotopic (exact) mass is 288 g/mol. The fourth-order valence-electron chi connectivity index (χ4n) is 2.98. The molecule has 0 spiro atoms. The van der Waals surface area contributed by atoms with Crippen LogP contribution in [0.2, 0.25) is 0 Å². The first-order valence-corrected chi connectivity index (χ1v) is 7.17. The Morgan fingerprint density at radius 3 is 2.62 bits per heavy atom. The standard InChI is InChI=1S/C17H18F2N2/c1-11-6-7-12-4-2-3-5-14(12)21(11)15-9-8-13(10-20)16(18)17(15)19/h2-5,8-9,11H,6-7,10,20H2,1H3. The van der Waals surface area contributed by atoms with Gasteiger partial charge in [0, 0.05) is 23.8 Å². The van der Waals surface area contributed by atoms with Gasteiger partial charge in [-0.2, -0.15) is 0 Å². The highest BCUT2D eigenvalue weighted by atomic mass is 19.2. The van der Waals surface area contributed by atoms with E-state index in [4.69, 9.17) is 5.73 Å². The van der Waals surface area contributed by atoms with E-state index < -0.39 is 11.6 Å². The molecule has 0 aromatic heterocycles. The molecular formula is C17H18F2N2. The van der Waals surface area contributed by atoms with Crippen LogP contribution in [0.1, 0.15) is 24.5 Å². The molecule has 2 N–H and O–H groups in total. The van der Waals surface area contributed by atoms with Gasteiger partial charge in [0.05, 0.1) is 5.69 Å². The predicted octanol–water partition coefficient (Wildman–Crippen LogP) is 3.90. The van der Waals surface area contributed by atoms with E-state index in [2.05, 4.69) is 0 Å². The first kappa shape index (κ1) is 14.0. The molecule has 0 bridgehead atoms. The zero-order chi connectivity index (χ0) is 15.0. The average molecular weight is 288 g/mol. The molecule has 0 fully saturated rings. The van der Waals surface area contributed by atoms with E-state index in [-0.39, 0.29) is 23.8 Å². The van der Waals surface area contributed by atoms with Crippen LogP contribution in [-0.2, 0) is 13.0 Å². The van der Waals surface area contributed by atoms with Crippen molar-refractivity contribution in [2.45, 2.75) is 32.4 Å². The van der Waals surface area contributed by atoms with Gasteiger partial charge in [-0.05, 0) is 37.5 Å². The van der Waals surface area contributed by atoms with Crippen molar-refractivity contribution in [3.63, 3.8) is 0 Å². The van der Waals surface area contributed by atoms with Crippen molar-refractivity contribution in [1.29, 1.82) is 0 Å². The summed E-state index contributed by atoms with van der Waals surface area (Å²) in [6.07, 6.45) is 1.87. The summed E-state index contributed by atoms with van der Waals surface area (Å²) in [5, 5.41) is 0. The maximum absolute atomic E-state index is 14.4. The SMILES string of the molecule is CC1CCc2ccccc2N1c1ccc(CN)c(F)c1F. The quantitative estimate of drug-likeness (QED) is 0.908. The van der Waals surface area contributed by atoms with E-state index in [9.17, 15) is 8.78 Å². The molecule has 1 unspecified atom stereocenters. The average Bonchev–Trinajstić information content (AvgIpc) is 2.51. The largest absolute Gasteiger partial charge is 0.336 e. The Bertz CT molecular complexity index is 670. The summed E-state index contributed by atoms with van der Waals surface area (Å²) in [5.41, 5.74) is 8.04. The molecule has 0 saturated heterocycles. The van der Waals surface area contributed by atoms with Gasteiger partial charge < -0.3 is 10.6 Å². The molecule has 4 heteroatoms. The van der Waals surface area contributed by atoms with E-state index in [1.165, 1.54) is 5.56 Å². The molecule has 2 nitrogen and oxygen atoms in total. The van der Waals surface area contributed by atoms with Crippen molar-refractivity contribution in [3.05, 3.63) is 59.2 Å². The summed E-state index contributed by atoms with van der Waals surface area (Å²) in [4.78, 5) is 1.89. The summed E-state index contributed by atoms with van der Waals surface area (Å²) in [6, 6.07) is 11.2. The zero-order valence-electron chi connectivity index (χ0n) is 11.9. The number of hydrogen-bond acceptors (Lipinski definition) is 2. The highest BCUT2D eigenvalue weighted by Gasteiger charge is 2.27. The number of nitrogens with two attached hydrogens (primary N) is 1. The first-order valence-electron chi connectivity index (χ1n) is 7.17. The van der Waals surface area contributed by atoms with Gasteiger partial charge in [-0.1, -0.05) is 24.3 Å². The number of anilines is 2. The number of benzene rings is 2. The molecular weight excluding hydrogens is 270 g/mol. The minimum absolute atomic E-state index is 0.00479. The molecule has 1 aliphatic rings. The third-order valence-electron chi connectivity index (χ3n) is 4.14. The predicted molar refractivity (Wildman–Crippen MR) is 80.6 cm³/mol. The Balaban J connectivity index is 2.14. The smallest absolute Gasteiger partial charge is 0.182 e. The Labute approximate surface area is 123 Å². The van der Waals surface area contributed by atoms with Gasteiger partial charge in [0.15, 0.2) is 11.6 Å². The third-order valence-corrected chi connectivity index (χ3v) is 4.14. The molecule has 1 aliphatic heterocycles. The molecule has 1 atom stereocenters. The van der Waals surface area contributed by atoms with E-state index >= 15 is 0 Å². The molecule has 0 aliphatic carbocycles. The summed E-state index contributed by atoms with van der Waals surface area (Å²) in [5.74, 6) is -1.66. The molecule has 0 radical (unpaired) electrons. The molecule has 0 saturated carbocycles. The number of hydrogen-bond donors (Lipinski definition) is 1. The lowest BCUT2D eigenvalue weighted by Crippen LogP contribution is -2.34. The number of rotatable bonds is 2. The summed E-state index contributed by atoms with van der Waals surface area (Å²) >= 11 is 0. The van der Waals surface area contributed by atoms with Crippen molar-refractivity contribution in [2.75, 3.05) is 4.90 Å². The minimum atomic E-state index is -0.842. The zero-order valence-corrected chi connectivity index (χ0v) is 11.9. The molecule has 3 rings (SSSR count). The van der Waals surface area contributed by atoms with Gasteiger partial charge in [-0.3, -0.25) is 0 Å². The Kier molecular flexibility index (Phi) is 3.64. The fraction of sp³-hybridized carbons (Fsp3) is 0.294. The van der Waals surface area contributed by atoms with Gasteiger partial charge >= 0.3 is 0 Å². The topological polar surface area (TPSA) is 29.3 Å². The number of halogens is 2. The van der Waals surface area contributed by atoms with Crippen molar-refractivity contribution in [2.24, 2.45) is 5.73 Å². The van der Waals surface area contributed by atoms with Crippen LogP contribution in [-0.4, -0.2) is 6.04 Å². The van der Waals surface area contributed by atoms with Crippen LogP contribution < -0.4 is 10.6 Å². The van der Waals surface area contributed by atoms with Gasteiger partial charge in [0.25, 0.3) is 0 Å². The normalized spacial score (nSPS) is 17.7. The van der Waals surface area contributed by atoms with Crippen molar-refractivity contribution in [3.8, 4) is 0 Å². The Morgan fingerprint density at radius 2 is 1.86 bits per heavy atom. The van der Waals surface area contributed by atoms with Crippen molar-refractivity contribution < 1.29 is 8.78 Å². The fourth-order valence-corrected chi connectivity index (χ4v) is 2.98. The van der Waals surface area contributed by atoms with Gasteiger partial charge in [-0.15, -0.1) is 0 Å². The van der Waals surface area contributed by atoms with E-state index in [0.717, 1.165) is 18.5 Å². The van der Waals surface area contributed by atoms with Crippen LogP contribution in [0.5, 0.6) is 0 Å². The van der Waals surface area contributed by atoms with Crippen LogP contribution in [0.25, 0.3) is 0 Å². The maximum Gasteiger partial charge on any atom is 0.182 e. The lowest BCUT2D eigenvalue weighted by molar-refractivity contribution is 0.493. The summed E-state index contributed by atoms with van der Waals surface area (Å²) < 4.78 is 28.5. The lowest BCUT2D eigenvalue weighted by Gasteiger charge is -2.37. The van der Waals surface area contributed by atoms with Crippen molar-refractivity contribution in [1.82, 2.24) is 0 Å². The number of aryl methyl sites for hydroxylation is 1. The van der Waals surface area contributed by atoms with Crippen molar-refractivity contribution >= 4 is 11.4 Å².